The van der Waals surface area contributed by atoms with Crippen LogP contribution in [0.1, 0.15) is 32.8 Å². The van der Waals surface area contributed by atoms with Crippen LogP contribution >= 0.6 is 0 Å². The van der Waals surface area contributed by atoms with Crippen LogP contribution in [-0.2, 0) is 29.3 Å². The maximum absolute atomic E-state index is 13.7. The third-order valence-corrected chi connectivity index (χ3v) is 7.41. The average molecular weight is 544 g/mol. The van der Waals surface area contributed by atoms with Gasteiger partial charge in [-0.1, -0.05) is 42.5 Å². The number of aromatic hydroxyl groups is 1. The molecule has 0 fully saturated rings. The molecule has 0 unspecified atom stereocenters. The molecule has 39 heavy (non-hydrogen) atoms. The summed E-state index contributed by atoms with van der Waals surface area (Å²) in [7, 11) is -3.38. The van der Waals surface area contributed by atoms with Gasteiger partial charge in [-0.15, -0.1) is 0 Å². The Kier molecular flexibility index (Phi) is 7.03. The molecule has 0 bridgehead atoms. The summed E-state index contributed by atoms with van der Waals surface area (Å²) in [6.45, 7) is 0.0456. The lowest BCUT2D eigenvalue weighted by Crippen LogP contribution is -2.34. The van der Waals surface area contributed by atoms with Crippen LogP contribution in [0.3, 0.4) is 0 Å². The number of H-pyrrole nitrogens is 1. The molecule has 9 nitrogen and oxygen atoms in total. The van der Waals surface area contributed by atoms with Gasteiger partial charge in [0.15, 0.2) is 15.6 Å². The van der Waals surface area contributed by atoms with E-state index in [-0.39, 0.29) is 23.5 Å². The molecular formula is C29H25N3O6S. The second-order valence-corrected chi connectivity index (χ2v) is 11.3. The second kappa shape index (κ2) is 10.6. The number of hydrogen-bond acceptors (Lipinski definition) is 7. The molecule has 2 aromatic carbocycles. The first-order chi connectivity index (χ1) is 18.7. The van der Waals surface area contributed by atoms with Crippen molar-refractivity contribution in [2.45, 2.75) is 24.4 Å². The Balaban J connectivity index is 1.48. The molecule has 10 heteroatoms. The lowest BCUT2D eigenvalue weighted by atomic mass is 10.1. The maximum atomic E-state index is 13.7. The molecule has 2 N–H and O–H groups in total. The maximum Gasteiger partial charge on any atom is 0.265 e. The lowest BCUT2D eigenvalue weighted by Gasteiger charge is -2.22. The highest BCUT2D eigenvalue weighted by molar-refractivity contribution is 7.90. The van der Waals surface area contributed by atoms with Gasteiger partial charge in [0.1, 0.15) is 16.8 Å². The molecule has 0 aliphatic heterocycles. The van der Waals surface area contributed by atoms with Crippen LogP contribution in [0.15, 0.2) is 99.4 Å². The third kappa shape index (κ3) is 5.75. The van der Waals surface area contributed by atoms with Crippen molar-refractivity contribution in [3.63, 3.8) is 0 Å². The van der Waals surface area contributed by atoms with E-state index in [1.54, 1.807) is 36.5 Å². The molecule has 3 heterocycles. The van der Waals surface area contributed by atoms with Crippen molar-refractivity contribution in [1.82, 2.24) is 14.9 Å². The SMILES string of the molecule is CS(=O)(=O)c1ccc(CN(Cc2ccco2)C(=O)c2c(O)c3ncc(Cc4ccccc4)cc3[nH]c2=O)cc1. The van der Waals surface area contributed by atoms with E-state index in [4.69, 9.17) is 4.42 Å². The summed E-state index contributed by atoms with van der Waals surface area (Å²) in [5.74, 6) is -0.771. The van der Waals surface area contributed by atoms with Crippen LogP contribution in [-0.4, -0.2) is 40.6 Å². The quantitative estimate of drug-likeness (QED) is 0.301. The van der Waals surface area contributed by atoms with Crippen molar-refractivity contribution in [3.05, 3.63) is 124 Å². The zero-order valence-corrected chi connectivity index (χ0v) is 21.8. The summed E-state index contributed by atoms with van der Waals surface area (Å²) in [5.41, 5.74) is 1.75. The molecule has 0 spiro atoms. The Morgan fingerprint density at radius 1 is 0.974 bits per heavy atom. The number of rotatable bonds is 8. The third-order valence-electron chi connectivity index (χ3n) is 6.28. The number of nitrogens with zero attached hydrogens (tertiary/aromatic N) is 2. The normalized spacial score (nSPS) is 11.5. The van der Waals surface area contributed by atoms with Gasteiger partial charge in [0.25, 0.3) is 11.5 Å². The van der Waals surface area contributed by atoms with Gasteiger partial charge in [-0.3, -0.25) is 14.6 Å². The number of fused-ring (bicyclic) bond motifs is 1. The Hall–Kier alpha value is -4.70. The molecule has 0 aliphatic carbocycles. The van der Waals surface area contributed by atoms with Gasteiger partial charge < -0.3 is 19.4 Å². The molecular weight excluding hydrogens is 518 g/mol. The topological polar surface area (TPSA) is 134 Å². The van der Waals surface area contributed by atoms with E-state index < -0.39 is 32.6 Å². The highest BCUT2D eigenvalue weighted by Gasteiger charge is 2.26. The first-order valence-electron chi connectivity index (χ1n) is 12.1. The van der Waals surface area contributed by atoms with Crippen molar-refractivity contribution >= 4 is 26.8 Å². The minimum Gasteiger partial charge on any atom is -0.505 e. The molecule has 5 aromatic rings. The standard InChI is InChI=1S/C29H25N3O6S/c1-39(36,37)23-11-9-20(10-12-23)17-32(18-22-8-5-13-38-22)29(35)25-27(33)26-24(31-28(25)34)15-21(16-30-26)14-19-6-3-2-4-7-19/h2-13,15-16H,14,17-18H2,1H3,(H2,31,33,34). The van der Waals surface area contributed by atoms with Crippen LogP contribution in [0, 0.1) is 0 Å². The Morgan fingerprint density at radius 3 is 2.38 bits per heavy atom. The van der Waals surface area contributed by atoms with Crippen LogP contribution in [0.4, 0.5) is 0 Å². The van der Waals surface area contributed by atoms with Gasteiger partial charge in [-0.25, -0.2) is 8.42 Å². The first-order valence-corrected chi connectivity index (χ1v) is 14.0. The predicted octanol–water partition coefficient (Wildman–Crippen LogP) is 4.06. The smallest absolute Gasteiger partial charge is 0.265 e. The molecule has 1 amide bonds. The summed E-state index contributed by atoms with van der Waals surface area (Å²) in [6.07, 6.45) is 4.77. The van der Waals surface area contributed by atoms with E-state index in [0.717, 1.165) is 17.4 Å². The number of aromatic nitrogens is 2. The highest BCUT2D eigenvalue weighted by atomic mass is 32.2. The van der Waals surface area contributed by atoms with E-state index in [1.165, 1.54) is 23.3 Å². The van der Waals surface area contributed by atoms with Crippen molar-refractivity contribution in [3.8, 4) is 5.75 Å². The van der Waals surface area contributed by atoms with Crippen LogP contribution in [0.2, 0.25) is 0 Å². The van der Waals surface area contributed by atoms with Crippen LogP contribution in [0.5, 0.6) is 5.75 Å². The fourth-order valence-electron chi connectivity index (χ4n) is 4.34. The Bertz CT molecular complexity index is 1800. The number of carbonyl (C=O) groups is 1. The number of furan rings is 1. The summed E-state index contributed by atoms with van der Waals surface area (Å²) in [6, 6.07) is 21.0. The number of hydrogen-bond donors (Lipinski definition) is 2. The molecule has 5 rings (SSSR count). The summed E-state index contributed by atoms with van der Waals surface area (Å²) >= 11 is 0. The van der Waals surface area contributed by atoms with Crippen LogP contribution in [0.25, 0.3) is 11.0 Å². The summed E-state index contributed by atoms with van der Waals surface area (Å²) in [4.78, 5) is 35.3. The van der Waals surface area contributed by atoms with E-state index in [1.807, 2.05) is 30.3 Å². The Morgan fingerprint density at radius 2 is 1.72 bits per heavy atom. The number of aromatic amines is 1. The predicted molar refractivity (Wildman–Crippen MR) is 145 cm³/mol. The number of amides is 1. The molecule has 0 atom stereocenters. The van der Waals surface area contributed by atoms with Gasteiger partial charge in [0.2, 0.25) is 0 Å². The summed E-state index contributed by atoms with van der Waals surface area (Å²) in [5, 5.41) is 11.0. The number of sulfone groups is 1. The van der Waals surface area contributed by atoms with Gasteiger partial charge >= 0.3 is 0 Å². The highest BCUT2D eigenvalue weighted by Crippen LogP contribution is 2.26. The minimum absolute atomic E-state index is 0.0139. The number of benzene rings is 2. The van der Waals surface area contributed by atoms with Gasteiger partial charge in [-0.2, -0.15) is 0 Å². The largest absolute Gasteiger partial charge is 0.505 e. The lowest BCUT2D eigenvalue weighted by molar-refractivity contribution is 0.0713. The number of carbonyl (C=O) groups excluding carboxylic acids is 1. The van der Waals surface area contributed by atoms with Crippen LogP contribution < -0.4 is 5.56 Å². The van der Waals surface area contributed by atoms with E-state index in [9.17, 15) is 23.1 Å². The first kappa shape index (κ1) is 25.9. The second-order valence-electron chi connectivity index (χ2n) is 9.24. The molecule has 0 saturated carbocycles. The molecule has 0 saturated heterocycles. The number of pyridine rings is 2. The van der Waals surface area contributed by atoms with E-state index in [0.29, 0.717) is 23.3 Å². The average Bonchev–Trinajstić information content (AvgIpc) is 3.42. The fraction of sp³-hybridized carbons (Fsp3) is 0.138. The molecule has 3 aromatic heterocycles. The van der Waals surface area contributed by atoms with Crippen molar-refractivity contribution in [2.75, 3.05) is 6.26 Å². The van der Waals surface area contributed by atoms with Crippen molar-refractivity contribution in [2.24, 2.45) is 0 Å². The minimum atomic E-state index is -3.38. The van der Waals surface area contributed by atoms with Crippen molar-refractivity contribution in [1.29, 1.82) is 0 Å². The van der Waals surface area contributed by atoms with E-state index in [2.05, 4.69) is 9.97 Å². The molecule has 198 valence electrons. The van der Waals surface area contributed by atoms with E-state index >= 15 is 0 Å². The van der Waals surface area contributed by atoms with Gasteiger partial charge in [0, 0.05) is 19.0 Å². The zero-order chi connectivity index (χ0) is 27.6. The molecule has 0 radical (unpaired) electrons. The monoisotopic (exact) mass is 543 g/mol. The van der Waals surface area contributed by atoms with Gasteiger partial charge in [0.05, 0.1) is 23.2 Å². The van der Waals surface area contributed by atoms with Crippen molar-refractivity contribution < 1.29 is 22.7 Å². The summed E-state index contributed by atoms with van der Waals surface area (Å²) < 4.78 is 29.0. The zero-order valence-electron chi connectivity index (χ0n) is 21.0. The molecule has 0 aliphatic rings. The van der Waals surface area contributed by atoms with Gasteiger partial charge in [-0.05, 0) is 53.4 Å². The Labute approximate surface area is 224 Å². The number of nitrogens with one attached hydrogen (secondary N) is 1. The fourth-order valence-corrected chi connectivity index (χ4v) is 4.97.